The molecule has 18 heavy (non-hydrogen) atoms. The summed E-state index contributed by atoms with van der Waals surface area (Å²) in [6, 6.07) is 1.34. The number of carbonyl (C=O) groups excluding carboxylic acids is 1. The molecule has 0 bridgehead atoms. The van der Waals surface area contributed by atoms with Gasteiger partial charge in [-0.2, -0.15) is 5.26 Å². The Hall–Kier alpha value is -1.77. The summed E-state index contributed by atoms with van der Waals surface area (Å²) < 4.78 is 0. The first-order chi connectivity index (χ1) is 8.65. The van der Waals surface area contributed by atoms with Gasteiger partial charge < -0.3 is 14.9 Å². The van der Waals surface area contributed by atoms with Crippen LogP contribution in [0.4, 0.5) is 4.79 Å². The number of nitriles is 1. The molecule has 1 saturated heterocycles. The van der Waals surface area contributed by atoms with Gasteiger partial charge in [-0.05, 0) is 25.7 Å². The molecule has 1 heterocycles. The molecule has 0 radical (unpaired) electrons. The number of likely N-dealkylation sites (tertiary alicyclic amines) is 1. The van der Waals surface area contributed by atoms with Crippen LogP contribution >= 0.6 is 0 Å². The van der Waals surface area contributed by atoms with Gasteiger partial charge in [0.25, 0.3) is 0 Å². The lowest BCUT2D eigenvalue weighted by atomic mass is 10.2. The summed E-state index contributed by atoms with van der Waals surface area (Å²) in [4.78, 5) is 26.5. The number of hydrogen-bond acceptors (Lipinski definition) is 3. The molecule has 1 N–H and O–H groups in total. The molecule has 1 aliphatic heterocycles. The highest BCUT2D eigenvalue weighted by molar-refractivity contribution is 5.83. The summed E-state index contributed by atoms with van der Waals surface area (Å²) in [5.41, 5.74) is 0. The van der Waals surface area contributed by atoms with Crippen LogP contribution in [0.2, 0.25) is 0 Å². The highest BCUT2D eigenvalue weighted by Crippen LogP contribution is 2.29. The minimum Gasteiger partial charge on any atom is -0.480 e. The maximum Gasteiger partial charge on any atom is 0.326 e. The highest BCUT2D eigenvalue weighted by atomic mass is 16.4. The molecule has 6 heteroatoms. The van der Waals surface area contributed by atoms with Gasteiger partial charge in [0.1, 0.15) is 6.04 Å². The quantitative estimate of drug-likeness (QED) is 0.808. The lowest BCUT2D eigenvalue weighted by Crippen LogP contribution is -2.49. The monoisotopic (exact) mass is 251 g/mol. The predicted molar refractivity (Wildman–Crippen MR) is 62.7 cm³/mol. The fraction of sp³-hybridized carbons (Fsp3) is 0.750. The van der Waals surface area contributed by atoms with Crippen LogP contribution in [0, 0.1) is 11.3 Å². The van der Waals surface area contributed by atoms with Gasteiger partial charge in [-0.25, -0.2) is 9.59 Å². The summed E-state index contributed by atoms with van der Waals surface area (Å²) in [5.74, 6) is -0.933. The normalized spacial score (nSPS) is 22.6. The standard InChI is InChI=1S/C12H17N3O3/c13-6-2-8-14(9-4-5-9)12(18)15-7-1-3-10(15)11(16)17/h9-10H,1-5,7-8H2,(H,16,17). The van der Waals surface area contributed by atoms with Crippen LogP contribution in [0.1, 0.15) is 32.1 Å². The van der Waals surface area contributed by atoms with Gasteiger partial charge in [-0.3, -0.25) is 0 Å². The lowest BCUT2D eigenvalue weighted by molar-refractivity contribution is -0.141. The molecule has 2 fully saturated rings. The lowest BCUT2D eigenvalue weighted by Gasteiger charge is -2.29. The van der Waals surface area contributed by atoms with Crippen LogP contribution in [0.5, 0.6) is 0 Å². The average molecular weight is 251 g/mol. The summed E-state index contributed by atoms with van der Waals surface area (Å²) in [6.45, 7) is 0.911. The summed E-state index contributed by atoms with van der Waals surface area (Å²) in [5, 5.41) is 17.7. The average Bonchev–Trinajstić information content (AvgIpc) is 3.05. The van der Waals surface area contributed by atoms with Crippen LogP contribution in [0.3, 0.4) is 0 Å². The van der Waals surface area contributed by atoms with E-state index in [1.165, 1.54) is 4.90 Å². The Kier molecular flexibility index (Phi) is 3.70. The van der Waals surface area contributed by atoms with Gasteiger partial charge in [0.15, 0.2) is 0 Å². The fourth-order valence-corrected chi connectivity index (χ4v) is 2.41. The number of rotatable bonds is 4. The minimum absolute atomic E-state index is 0.209. The number of carboxylic acids is 1. The number of aliphatic carboxylic acids is 1. The van der Waals surface area contributed by atoms with Crippen LogP contribution in [0.25, 0.3) is 0 Å². The number of carbonyl (C=O) groups is 2. The van der Waals surface area contributed by atoms with Crippen LogP contribution in [0.15, 0.2) is 0 Å². The van der Waals surface area contributed by atoms with E-state index >= 15 is 0 Å². The van der Waals surface area contributed by atoms with E-state index in [1.54, 1.807) is 4.90 Å². The zero-order valence-electron chi connectivity index (χ0n) is 10.2. The molecular formula is C12H17N3O3. The molecule has 6 nitrogen and oxygen atoms in total. The maximum atomic E-state index is 12.3. The van der Waals surface area contributed by atoms with E-state index in [0.717, 1.165) is 19.3 Å². The van der Waals surface area contributed by atoms with Crippen molar-refractivity contribution >= 4 is 12.0 Å². The number of carboxylic acid groups (broad SMARTS) is 1. The molecule has 2 rings (SSSR count). The molecule has 0 spiro atoms. The molecule has 1 aliphatic carbocycles. The second-order valence-corrected chi connectivity index (χ2v) is 4.80. The van der Waals surface area contributed by atoms with Crippen molar-refractivity contribution in [1.29, 1.82) is 5.26 Å². The van der Waals surface area contributed by atoms with E-state index in [1.807, 2.05) is 6.07 Å². The molecular weight excluding hydrogens is 234 g/mol. The predicted octanol–water partition coefficient (Wildman–Crippen LogP) is 1.03. The third-order valence-electron chi connectivity index (χ3n) is 3.48. The maximum absolute atomic E-state index is 12.3. The smallest absolute Gasteiger partial charge is 0.326 e. The molecule has 1 unspecified atom stereocenters. The van der Waals surface area contributed by atoms with E-state index in [2.05, 4.69) is 0 Å². The van der Waals surface area contributed by atoms with Crippen LogP contribution in [-0.2, 0) is 4.79 Å². The van der Waals surface area contributed by atoms with Gasteiger partial charge in [0.05, 0.1) is 12.5 Å². The fourth-order valence-electron chi connectivity index (χ4n) is 2.41. The second kappa shape index (κ2) is 5.25. The Bertz CT molecular complexity index is 387. The second-order valence-electron chi connectivity index (χ2n) is 4.80. The van der Waals surface area contributed by atoms with Crippen molar-refractivity contribution in [2.24, 2.45) is 0 Å². The zero-order chi connectivity index (χ0) is 13.1. The van der Waals surface area contributed by atoms with E-state index in [9.17, 15) is 9.59 Å². The Morgan fingerprint density at radius 2 is 2.11 bits per heavy atom. The van der Waals surface area contributed by atoms with Crippen molar-refractivity contribution in [1.82, 2.24) is 9.80 Å². The Balaban J connectivity index is 2.03. The van der Waals surface area contributed by atoms with E-state index in [-0.39, 0.29) is 12.1 Å². The number of hydrogen-bond donors (Lipinski definition) is 1. The highest BCUT2D eigenvalue weighted by Gasteiger charge is 2.40. The van der Waals surface area contributed by atoms with Crippen molar-refractivity contribution in [2.45, 2.75) is 44.2 Å². The molecule has 2 amide bonds. The minimum atomic E-state index is -0.933. The third-order valence-corrected chi connectivity index (χ3v) is 3.48. The number of urea groups is 1. The molecule has 2 aliphatic rings. The largest absolute Gasteiger partial charge is 0.480 e. The molecule has 0 aromatic rings. The number of amides is 2. The molecule has 1 atom stereocenters. The first-order valence-electron chi connectivity index (χ1n) is 6.32. The van der Waals surface area contributed by atoms with Gasteiger partial charge in [-0.1, -0.05) is 0 Å². The Morgan fingerprint density at radius 1 is 1.39 bits per heavy atom. The number of nitrogens with zero attached hydrogens (tertiary/aromatic N) is 3. The van der Waals surface area contributed by atoms with E-state index in [0.29, 0.717) is 25.9 Å². The van der Waals surface area contributed by atoms with Crippen molar-refractivity contribution < 1.29 is 14.7 Å². The topological polar surface area (TPSA) is 84.6 Å². The summed E-state index contributed by atoms with van der Waals surface area (Å²) >= 11 is 0. The van der Waals surface area contributed by atoms with Crippen molar-refractivity contribution in [2.75, 3.05) is 13.1 Å². The van der Waals surface area contributed by atoms with Crippen molar-refractivity contribution in [3.63, 3.8) is 0 Å². The first-order valence-corrected chi connectivity index (χ1v) is 6.32. The molecule has 0 aromatic heterocycles. The van der Waals surface area contributed by atoms with Gasteiger partial charge in [-0.15, -0.1) is 0 Å². The summed E-state index contributed by atoms with van der Waals surface area (Å²) in [7, 11) is 0. The Morgan fingerprint density at radius 3 is 2.67 bits per heavy atom. The van der Waals surface area contributed by atoms with Gasteiger partial charge in [0, 0.05) is 19.1 Å². The van der Waals surface area contributed by atoms with Crippen molar-refractivity contribution in [3.8, 4) is 6.07 Å². The van der Waals surface area contributed by atoms with Crippen molar-refractivity contribution in [3.05, 3.63) is 0 Å². The Labute approximate surface area is 106 Å². The van der Waals surface area contributed by atoms with Gasteiger partial charge in [0.2, 0.25) is 0 Å². The SMILES string of the molecule is N#CCCN(C(=O)N1CCCC1C(=O)O)C1CC1. The molecule has 1 saturated carbocycles. The van der Waals surface area contributed by atoms with Gasteiger partial charge >= 0.3 is 12.0 Å². The van der Waals surface area contributed by atoms with Crippen LogP contribution in [-0.4, -0.2) is 52.1 Å². The zero-order valence-corrected chi connectivity index (χ0v) is 10.2. The third kappa shape index (κ3) is 2.55. The summed E-state index contributed by atoms with van der Waals surface area (Å²) in [6.07, 6.45) is 3.48. The van der Waals surface area contributed by atoms with E-state index in [4.69, 9.17) is 10.4 Å². The molecule has 0 aromatic carbocycles. The van der Waals surface area contributed by atoms with E-state index < -0.39 is 12.0 Å². The molecule has 98 valence electrons. The first kappa shape index (κ1) is 12.7. The van der Waals surface area contributed by atoms with Crippen LogP contribution < -0.4 is 0 Å².